The molecule has 0 aromatic carbocycles. The molecule has 0 aliphatic rings. The van der Waals surface area contributed by atoms with Crippen LogP contribution in [0.3, 0.4) is 0 Å². The minimum atomic E-state index is -2.63. The van der Waals surface area contributed by atoms with Gasteiger partial charge in [-0.1, -0.05) is 0 Å². The molecular weight excluding hydrogens is 192 g/mol. The van der Waals surface area contributed by atoms with Gasteiger partial charge in [-0.3, -0.25) is 0 Å². The smallest absolute Gasteiger partial charge is 0.265 e. The van der Waals surface area contributed by atoms with Crippen molar-refractivity contribution in [2.75, 3.05) is 7.11 Å². The Hall–Kier alpha value is -1.23. The van der Waals surface area contributed by atoms with Crippen molar-refractivity contribution in [2.45, 2.75) is 20.0 Å². The van der Waals surface area contributed by atoms with Gasteiger partial charge >= 0.3 is 0 Å². The number of halogens is 2. The lowest BCUT2D eigenvalue weighted by atomic mass is 10.1. The van der Waals surface area contributed by atoms with Gasteiger partial charge in [0.1, 0.15) is 0 Å². The van der Waals surface area contributed by atoms with Crippen LogP contribution in [0.15, 0.2) is 6.07 Å². The first-order valence-corrected chi connectivity index (χ1v) is 4.03. The van der Waals surface area contributed by atoms with Crippen molar-refractivity contribution in [3.8, 4) is 5.88 Å². The number of hydrogen-bond donors (Lipinski definition) is 1. The van der Waals surface area contributed by atoms with Crippen LogP contribution in [0.1, 0.15) is 23.2 Å². The van der Waals surface area contributed by atoms with Gasteiger partial charge in [0.15, 0.2) is 0 Å². The normalized spacial score (nSPS) is 10.7. The summed E-state index contributed by atoms with van der Waals surface area (Å²) in [5, 5.41) is 8.90. The number of methoxy groups -OCH3 is 1. The minimum Gasteiger partial charge on any atom is -0.481 e. The first-order chi connectivity index (χ1) is 6.60. The maximum absolute atomic E-state index is 12.5. The standard InChI is InChI=1S/C9H11F2NO2/c1-5-8(9(10)11)6(4-13)3-7(12-5)14-2/h3,9,13H,4H2,1-2H3. The average molecular weight is 203 g/mol. The van der Waals surface area contributed by atoms with Crippen LogP contribution in [0.2, 0.25) is 0 Å². The second-order valence-electron chi connectivity index (χ2n) is 2.78. The highest BCUT2D eigenvalue weighted by molar-refractivity contribution is 5.35. The quantitative estimate of drug-likeness (QED) is 0.814. The molecule has 1 aromatic heterocycles. The second-order valence-corrected chi connectivity index (χ2v) is 2.78. The summed E-state index contributed by atoms with van der Waals surface area (Å²) in [6.45, 7) is 1.02. The molecule has 0 bridgehead atoms. The maximum atomic E-state index is 12.5. The fraction of sp³-hybridized carbons (Fsp3) is 0.444. The molecule has 1 heterocycles. The van der Waals surface area contributed by atoms with E-state index in [-0.39, 0.29) is 22.7 Å². The van der Waals surface area contributed by atoms with Crippen molar-refractivity contribution in [2.24, 2.45) is 0 Å². The van der Waals surface area contributed by atoms with E-state index in [2.05, 4.69) is 4.98 Å². The van der Waals surface area contributed by atoms with E-state index in [1.807, 2.05) is 0 Å². The summed E-state index contributed by atoms with van der Waals surface area (Å²) in [5.74, 6) is 0.232. The Morgan fingerprint density at radius 2 is 2.21 bits per heavy atom. The van der Waals surface area contributed by atoms with Crippen LogP contribution >= 0.6 is 0 Å². The molecule has 0 atom stereocenters. The average Bonchev–Trinajstić information content (AvgIpc) is 2.15. The Labute approximate surface area is 80.3 Å². The van der Waals surface area contributed by atoms with Gasteiger partial charge in [0.2, 0.25) is 5.88 Å². The molecule has 0 aliphatic heterocycles. The van der Waals surface area contributed by atoms with E-state index in [9.17, 15) is 8.78 Å². The van der Waals surface area contributed by atoms with Crippen LogP contribution in [0.5, 0.6) is 5.88 Å². The topological polar surface area (TPSA) is 42.4 Å². The summed E-state index contributed by atoms with van der Waals surface area (Å²) in [6.07, 6.45) is -2.63. The largest absolute Gasteiger partial charge is 0.481 e. The number of pyridine rings is 1. The molecule has 0 amide bonds. The number of aliphatic hydroxyl groups is 1. The van der Waals surface area contributed by atoms with Gasteiger partial charge in [0.05, 0.1) is 19.4 Å². The van der Waals surface area contributed by atoms with E-state index in [0.717, 1.165) is 0 Å². The first-order valence-electron chi connectivity index (χ1n) is 4.03. The molecule has 0 radical (unpaired) electrons. The van der Waals surface area contributed by atoms with Crippen molar-refractivity contribution in [3.63, 3.8) is 0 Å². The molecule has 0 saturated carbocycles. The van der Waals surface area contributed by atoms with Crippen LogP contribution in [-0.2, 0) is 6.61 Å². The number of rotatable bonds is 3. The summed E-state index contributed by atoms with van der Waals surface area (Å²) in [4.78, 5) is 3.81. The van der Waals surface area contributed by atoms with Crippen LogP contribution in [0.25, 0.3) is 0 Å². The van der Waals surface area contributed by atoms with E-state index in [1.54, 1.807) is 0 Å². The Morgan fingerprint density at radius 3 is 2.64 bits per heavy atom. The van der Waals surface area contributed by atoms with Gasteiger partial charge in [0, 0.05) is 11.6 Å². The molecule has 0 aliphatic carbocycles. The molecule has 0 spiro atoms. The van der Waals surface area contributed by atoms with Crippen LogP contribution in [0.4, 0.5) is 8.78 Å². The van der Waals surface area contributed by atoms with Gasteiger partial charge in [-0.2, -0.15) is 0 Å². The highest BCUT2D eigenvalue weighted by Crippen LogP contribution is 2.27. The SMILES string of the molecule is COc1cc(CO)c(C(F)F)c(C)n1. The summed E-state index contributed by atoms with van der Waals surface area (Å²) in [5.41, 5.74) is 0.126. The summed E-state index contributed by atoms with van der Waals surface area (Å²) in [7, 11) is 1.39. The van der Waals surface area contributed by atoms with Gasteiger partial charge in [-0.15, -0.1) is 0 Å². The summed E-state index contributed by atoms with van der Waals surface area (Å²) < 4.78 is 29.8. The highest BCUT2D eigenvalue weighted by atomic mass is 19.3. The Kier molecular flexibility index (Phi) is 3.35. The van der Waals surface area contributed by atoms with E-state index in [4.69, 9.17) is 9.84 Å². The molecule has 0 fully saturated rings. The molecular formula is C9H11F2NO2. The number of alkyl halides is 2. The van der Waals surface area contributed by atoms with Crippen LogP contribution in [0, 0.1) is 6.92 Å². The van der Waals surface area contributed by atoms with E-state index in [0.29, 0.717) is 0 Å². The van der Waals surface area contributed by atoms with Crippen molar-refractivity contribution in [1.29, 1.82) is 0 Å². The minimum absolute atomic E-state index is 0.157. The molecule has 14 heavy (non-hydrogen) atoms. The van der Waals surface area contributed by atoms with Gasteiger partial charge < -0.3 is 9.84 Å². The maximum Gasteiger partial charge on any atom is 0.265 e. The third-order valence-electron chi connectivity index (χ3n) is 1.91. The third kappa shape index (κ3) is 1.98. The zero-order chi connectivity index (χ0) is 10.7. The fourth-order valence-corrected chi connectivity index (χ4v) is 1.25. The lowest BCUT2D eigenvalue weighted by molar-refractivity contribution is 0.145. The van der Waals surface area contributed by atoms with Gasteiger partial charge in [0.25, 0.3) is 6.43 Å². The van der Waals surface area contributed by atoms with Crippen molar-refractivity contribution in [3.05, 3.63) is 22.9 Å². The van der Waals surface area contributed by atoms with E-state index < -0.39 is 13.0 Å². The van der Waals surface area contributed by atoms with Crippen LogP contribution < -0.4 is 4.74 Å². The Bertz CT molecular complexity index is 329. The molecule has 5 heteroatoms. The monoisotopic (exact) mass is 203 g/mol. The van der Waals surface area contributed by atoms with E-state index >= 15 is 0 Å². The molecule has 1 N–H and O–H groups in total. The Balaban J connectivity index is 3.27. The molecule has 78 valence electrons. The first kappa shape index (κ1) is 10.8. The highest BCUT2D eigenvalue weighted by Gasteiger charge is 2.17. The lowest BCUT2D eigenvalue weighted by Gasteiger charge is -2.11. The predicted molar refractivity (Wildman–Crippen MR) is 46.4 cm³/mol. The number of hydrogen-bond acceptors (Lipinski definition) is 3. The van der Waals surface area contributed by atoms with Crippen molar-refractivity contribution < 1.29 is 18.6 Å². The van der Waals surface area contributed by atoms with Crippen molar-refractivity contribution >= 4 is 0 Å². The zero-order valence-electron chi connectivity index (χ0n) is 7.92. The third-order valence-corrected chi connectivity index (χ3v) is 1.91. The van der Waals surface area contributed by atoms with Crippen LogP contribution in [-0.4, -0.2) is 17.2 Å². The number of nitrogens with zero attached hydrogens (tertiary/aromatic N) is 1. The molecule has 3 nitrogen and oxygen atoms in total. The van der Waals surface area contributed by atoms with Gasteiger partial charge in [-0.05, 0) is 12.5 Å². The molecule has 1 rings (SSSR count). The number of aryl methyl sites for hydroxylation is 1. The Morgan fingerprint density at radius 1 is 1.57 bits per heavy atom. The predicted octanol–water partition coefficient (Wildman–Crippen LogP) is 1.83. The van der Waals surface area contributed by atoms with Gasteiger partial charge in [-0.25, -0.2) is 13.8 Å². The zero-order valence-corrected chi connectivity index (χ0v) is 7.92. The van der Waals surface area contributed by atoms with E-state index in [1.165, 1.54) is 20.1 Å². The molecule has 0 saturated heterocycles. The fourth-order valence-electron chi connectivity index (χ4n) is 1.25. The summed E-state index contributed by atoms with van der Waals surface area (Å²) >= 11 is 0. The number of aliphatic hydroxyl groups excluding tert-OH is 1. The van der Waals surface area contributed by atoms with Crippen molar-refractivity contribution in [1.82, 2.24) is 4.98 Å². The molecule has 1 aromatic rings. The lowest BCUT2D eigenvalue weighted by Crippen LogP contribution is -2.02. The second kappa shape index (κ2) is 4.32. The number of ether oxygens (including phenoxy) is 1. The summed E-state index contributed by atoms with van der Waals surface area (Å²) in [6, 6.07) is 1.31. The molecule has 0 unspecified atom stereocenters. The number of aromatic nitrogens is 1.